The van der Waals surface area contributed by atoms with Crippen LogP contribution in [0.15, 0.2) is 42.5 Å². The van der Waals surface area contributed by atoms with Gasteiger partial charge >= 0.3 is 0 Å². The van der Waals surface area contributed by atoms with E-state index in [1.165, 1.54) is 7.11 Å². The molecule has 6 nitrogen and oxygen atoms in total. The zero-order chi connectivity index (χ0) is 16.9. The van der Waals surface area contributed by atoms with Crippen molar-refractivity contribution in [1.82, 2.24) is 5.32 Å². The van der Waals surface area contributed by atoms with Gasteiger partial charge in [0.1, 0.15) is 24.2 Å². The summed E-state index contributed by atoms with van der Waals surface area (Å²) in [5.41, 5.74) is 0.411. The molecule has 0 radical (unpaired) electrons. The third kappa shape index (κ3) is 3.37. The largest absolute Gasteiger partial charge is 0.497 e. The van der Waals surface area contributed by atoms with Crippen molar-refractivity contribution < 1.29 is 23.7 Å². The van der Waals surface area contributed by atoms with Gasteiger partial charge < -0.3 is 24.3 Å². The molecule has 0 aliphatic carbocycles. The van der Waals surface area contributed by atoms with Crippen LogP contribution in [0.5, 0.6) is 23.0 Å². The molecule has 126 valence electrons. The number of methoxy groups -OCH3 is 2. The normalized spacial score (nSPS) is 15.5. The molecular weight excluding hydrogens is 310 g/mol. The second kappa shape index (κ2) is 7.12. The first kappa shape index (κ1) is 16.0. The Morgan fingerprint density at radius 2 is 1.96 bits per heavy atom. The predicted octanol–water partition coefficient (Wildman–Crippen LogP) is 2.27. The Balaban J connectivity index is 1.64. The Kier molecular flexibility index (Phi) is 4.74. The van der Waals surface area contributed by atoms with Crippen LogP contribution in [-0.2, 0) is 0 Å². The van der Waals surface area contributed by atoms with Crippen molar-refractivity contribution >= 4 is 5.91 Å². The summed E-state index contributed by atoms with van der Waals surface area (Å²) >= 11 is 0. The summed E-state index contributed by atoms with van der Waals surface area (Å²) in [6.07, 6.45) is -0.250. The molecular formula is C18H19NO5. The van der Waals surface area contributed by atoms with Gasteiger partial charge in [0.15, 0.2) is 11.5 Å². The lowest BCUT2D eigenvalue weighted by atomic mass is 10.1. The highest BCUT2D eigenvalue weighted by molar-refractivity contribution is 5.97. The van der Waals surface area contributed by atoms with E-state index >= 15 is 0 Å². The number of carbonyl (C=O) groups excluding carboxylic acids is 1. The first-order chi connectivity index (χ1) is 11.7. The molecule has 0 fully saturated rings. The van der Waals surface area contributed by atoms with E-state index in [0.717, 1.165) is 5.75 Å². The molecule has 2 aromatic rings. The number of hydrogen-bond donors (Lipinski definition) is 1. The number of para-hydroxylation sites is 2. The van der Waals surface area contributed by atoms with E-state index in [1.807, 2.05) is 24.3 Å². The van der Waals surface area contributed by atoms with Crippen molar-refractivity contribution in [2.45, 2.75) is 6.10 Å². The molecule has 0 bridgehead atoms. The lowest BCUT2D eigenvalue weighted by Crippen LogP contribution is -2.40. The smallest absolute Gasteiger partial charge is 0.255 e. The highest BCUT2D eigenvalue weighted by Crippen LogP contribution is 2.30. The minimum absolute atomic E-state index is 0.250. The van der Waals surface area contributed by atoms with Crippen LogP contribution < -0.4 is 24.3 Å². The van der Waals surface area contributed by atoms with Crippen molar-refractivity contribution in [3.8, 4) is 23.0 Å². The molecule has 1 heterocycles. The fourth-order valence-corrected chi connectivity index (χ4v) is 2.46. The summed E-state index contributed by atoms with van der Waals surface area (Å²) in [4.78, 5) is 12.4. The van der Waals surface area contributed by atoms with Gasteiger partial charge in [0.05, 0.1) is 26.3 Å². The van der Waals surface area contributed by atoms with E-state index < -0.39 is 0 Å². The van der Waals surface area contributed by atoms with Gasteiger partial charge in [-0.2, -0.15) is 0 Å². The number of ether oxygens (including phenoxy) is 4. The van der Waals surface area contributed by atoms with Crippen LogP contribution in [0.2, 0.25) is 0 Å². The minimum Gasteiger partial charge on any atom is -0.497 e. The van der Waals surface area contributed by atoms with Crippen molar-refractivity contribution in [2.24, 2.45) is 0 Å². The van der Waals surface area contributed by atoms with Gasteiger partial charge in [-0.25, -0.2) is 0 Å². The number of benzene rings is 2. The maximum absolute atomic E-state index is 12.4. The number of hydrogen-bond acceptors (Lipinski definition) is 5. The summed E-state index contributed by atoms with van der Waals surface area (Å²) in [7, 11) is 3.07. The molecule has 0 spiro atoms. The summed E-state index contributed by atoms with van der Waals surface area (Å²) in [5.74, 6) is 2.22. The standard InChI is InChI=1S/C18H19NO5/c1-21-12-7-8-15(22-2)14(9-12)18(20)19-10-13-11-23-16-5-3-4-6-17(16)24-13/h3-9,13H,10-11H2,1-2H3,(H,19,20)/t13-/m1/s1. The van der Waals surface area contributed by atoms with E-state index in [2.05, 4.69) is 5.32 Å². The van der Waals surface area contributed by atoms with E-state index in [4.69, 9.17) is 18.9 Å². The van der Waals surface area contributed by atoms with Crippen LogP contribution in [-0.4, -0.2) is 39.4 Å². The Hall–Kier alpha value is -2.89. The monoisotopic (exact) mass is 329 g/mol. The molecule has 6 heteroatoms. The second-order valence-electron chi connectivity index (χ2n) is 5.27. The molecule has 0 saturated heterocycles. The highest BCUT2D eigenvalue weighted by Gasteiger charge is 2.22. The zero-order valence-electron chi connectivity index (χ0n) is 13.6. The van der Waals surface area contributed by atoms with Gasteiger partial charge in [0, 0.05) is 0 Å². The van der Waals surface area contributed by atoms with E-state index in [-0.39, 0.29) is 12.0 Å². The van der Waals surface area contributed by atoms with Gasteiger partial charge in [0.2, 0.25) is 0 Å². The molecule has 1 aliphatic rings. The van der Waals surface area contributed by atoms with Gasteiger partial charge in [-0.05, 0) is 30.3 Å². The summed E-state index contributed by atoms with van der Waals surface area (Å²) in [6, 6.07) is 12.5. The van der Waals surface area contributed by atoms with Crippen molar-refractivity contribution in [3.05, 3.63) is 48.0 Å². The number of rotatable bonds is 5. The zero-order valence-corrected chi connectivity index (χ0v) is 13.6. The first-order valence-electron chi connectivity index (χ1n) is 7.60. The quantitative estimate of drug-likeness (QED) is 0.911. The third-order valence-electron chi connectivity index (χ3n) is 3.71. The summed E-state index contributed by atoms with van der Waals surface area (Å²) in [6.45, 7) is 0.708. The predicted molar refractivity (Wildman–Crippen MR) is 88.2 cm³/mol. The topological polar surface area (TPSA) is 66.0 Å². The Morgan fingerprint density at radius 3 is 2.71 bits per heavy atom. The van der Waals surface area contributed by atoms with Gasteiger partial charge in [0.25, 0.3) is 5.91 Å². The van der Waals surface area contributed by atoms with Crippen LogP contribution >= 0.6 is 0 Å². The van der Waals surface area contributed by atoms with Gasteiger partial charge in [-0.15, -0.1) is 0 Å². The van der Waals surface area contributed by atoms with Gasteiger partial charge in [-0.1, -0.05) is 12.1 Å². The molecule has 24 heavy (non-hydrogen) atoms. The number of fused-ring (bicyclic) bond motifs is 1. The molecule has 1 N–H and O–H groups in total. The van der Waals surface area contributed by atoms with Crippen molar-refractivity contribution in [1.29, 1.82) is 0 Å². The molecule has 0 unspecified atom stereocenters. The maximum atomic E-state index is 12.4. The van der Waals surface area contributed by atoms with Crippen LogP contribution in [0.25, 0.3) is 0 Å². The van der Waals surface area contributed by atoms with Gasteiger partial charge in [-0.3, -0.25) is 4.79 Å². The molecule has 1 aliphatic heterocycles. The molecule has 1 amide bonds. The lowest BCUT2D eigenvalue weighted by Gasteiger charge is -2.26. The number of carbonyl (C=O) groups is 1. The van der Waals surface area contributed by atoms with Crippen molar-refractivity contribution in [3.63, 3.8) is 0 Å². The van der Waals surface area contributed by atoms with Crippen LogP contribution in [0.1, 0.15) is 10.4 Å². The molecule has 0 aromatic heterocycles. The Morgan fingerprint density at radius 1 is 1.17 bits per heavy atom. The Bertz CT molecular complexity index is 731. The molecule has 2 aromatic carbocycles. The lowest BCUT2D eigenvalue weighted by molar-refractivity contribution is 0.0787. The number of amides is 1. The highest BCUT2D eigenvalue weighted by atomic mass is 16.6. The Labute approximate surface area is 140 Å². The van der Waals surface area contributed by atoms with Crippen LogP contribution in [0.4, 0.5) is 0 Å². The summed E-state index contributed by atoms with van der Waals surface area (Å²) < 4.78 is 21.8. The van der Waals surface area contributed by atoms with Crippen molar-refractivity contribution in [2.75, 3.05) is 27.4 Å². The van der Waals surface area contributed by atoms with E-state index in [0.29, 0.717) is 36.0 Å². The first-order valence-corrected chi connectivity index (χ1v) is 7.60. The van der Waals surface area contributed by atoms with Crippen LogP contribution in [0.3, 0.4) is 0 Å². The second-order valence-corrected chi connectivity index (χ2v) is 5.27. The van der Waals surface area contributed by atoms with E-state index in [9.17, 15) is 4.79 Å². The van der Waals surface area contributed by atoms with Crippen LogP contribution in [0, 0.1) is 0 Å². The number of nitrogens with one attached hydrogen (secondary N) is 1. The average molecular weight is 329 g/mol. The molecule has 1 atom stereocenters. The minimum atomic E-state index is -0.256. The summed E-state index contributed by atoms with van der Waals surface area (Å²) in [5, 5.41) is 2.85. The average Bonchev–Trinajstić information content (AvgIpc) is 2.65. The SMILES string of the molecule is COc1ccc(OC)c(C(=O)NC[C@@H]2COc3ccccc3O2)c1. The fraction of sp³-hybridized carbons (Fsp3) is 0.278. The van der Waals surface area contributed by atoms with E-state index in [1.54, 1.807) is 25.3 Å². The molecule has 0 saturated carbocycles. The maximum Gasteiger partial charge on any atom is 0.255 e. The third-order valence-corrected chi connectivity index (χ3v) is 3.71. The molecule has 3 rings (SSSR count). The fourth-order valence-electron chi connectivity index (χ4n) is 2.46.